The highest BCUT2D eigenvalue weighted by molar-refractivity contribution is 5.88. The van der Waals surface area contributed by atoms with Crippen LogP contribution in [0.3, 0.4) is 0 Å². The van der Waals surface area contributed by atoms with E-state index in [1.54, 1.807) is 12.4 Å². The molecule has 0 N–H and O–H groups in total. The molecule has 0 unspecified atom stereocenters. The lowest BCUT2D eigenvalue weighted by Gasteiger charge is -2.06. The summed E-state index contributed by atoms with van der Waals surface area (Å²) in [6, 6.07) is 9.51. The summed E-state index contributed by atoms with van der Waals surface area (Å²) in [7, 11) is 1.36. The smallest absolute Gasteiger partial charge is 0.356 e. The maximum absolute atomic E-state index is 11.5. The van der Waals surface area contributed by atoms with Gasteiger partial charge in [-0.05, 0) is 36.6 Å². The largest absolute Gasteiger partial charge is 0.464 e. The predicted octanol–water partition coefficient (Wildman–Crippen LogP) is 2.05. The van der Waals surface area contributed by atoms with Crippen LogP contribution < -0.4 is 0 Å². The number of ether oxygens (including phenoxy) is 1. The zero-order chi connectivity index (χ0) is 12.8. The van der Waals surface area contributed by atoms with Crippen LogP contribution in [-0.4, -0.2) is 23.0 Å². The van der Waals surface area contributed by atoms with E-state index in [9.17, 15) is 4.79 Å². The third-order valence-electron chi connectivity index (χ3n) is 2.65. The normalized spacial score (nSPS) is 10.1. The van der Waals surface area contributed by atoms with Gasteiger partial charge in [0.25, 0.3) is 0 Å². The molecule has 0 aliphatic carbocycles. The van der Waals surface area contributed by atoms with Gasteiger partial charge in [-0.25, -0.2) is 9.78 Å². The number of pyridine rings is 2. The zero-order valence-electron chi connectivity index (χ0n) is 10.2. The van der Waals surface area contributed by atoms with E-state index in [2.05, 4.69) is 9.97 Å². The number of methoxy groups -OCH3 is 1. The van der Waals surface area contributed by atoms with Gasteiger partial charge >= 0.3 is 5.97 Å². The van der Waals surface area contributed by atoms with Gasteiger partial charge in [0.1, 0.15) is 0 Å². The van der Waals surface area contributed by atoms with Gasteiger partial charge in [-0.1, -0.05) is 12.1 Å². The summed E-state index contributed by atoms with van der Waals surface area (Å²) < 4.78 is 4.71. The highest BCUT2D eigenvalue weighted by Crippen LogP contribution is 2.10. The average Bonchev–Trinajstić information content (AvgIpc) is 2.45. The van der Waals surface area contributed by atoms with Crippen LogP contribution in [0.2, 0.25) is 0 Å². The number of aryl methyl sites for hydroxylation is 2. The molecular weight excluding hydrogens is 228 g/mol. The van der Waals surface area contributed by atoms with E-state index in [1.165, 1.54) is 7.11 Å². The molecular formula is C14H14N2O2. The molecule has 0 fully saturated rings. The molecule has 2 aromatic rings. The van der Waals surface area contributed by atoms with Crippen molar-refractivity contribution in [3.8, 4) is 0 Å². The van der Waals surface area contributed by atoms with Crippen LogP contribution in [0.5, 0.6) is 0 Å². The lowest BCUT2D eigenvalue weighted by Crippen LogP contribution is -2.09. The summed E-state index contributed by atoms with van der Waals surface area (Å²) in [5.41, 5.74) is 2.27. The number of carbonyl (C=O) groups is 1. The quantitative estimate of drug-likeness (QED) is 0.770. The van der Waals surface area contributed by atoms with Crippen LogP contribution in [0.1, 0.15) is 21.7 Å². The Bertz CT molecular complexity index is 526. The molecule has 0 radical (unpaired) electrons. The third kappa shape index (κ3) is 2.91. The number of esters is 1. The number of carbonyl (C=O) groups excluding carboxylic acids is 1. The first-order chi connectivity index (χ1) is 8.81. The molecule has 92 valence electrons. The first kappa shape index (κ1) is 12.2. The van der Waals surface area contributed by atoms with Crippen molar-refractivity contribution in [3.63, 3.8) is 0 Å². The van der Waals surface area contributed by atoms with E-state index in [0.717, 1.165) is 24.1 Å². The fourth-order valence-electron chi connectivity index (χ4n) is 1.73. The summed E-state index contributed by atoms with van der Waals surface area (Å²) in [5, 5.41) is 0. The van der Waals surface area contributed by atoms with E-state index >= 15 is 0 Å². The first-order valence-electron chi connectivity index (χ1n) is 5.73. The van der Waals surface area contributed by atoms with Gasteiger partial charge in [0.2, 0.25) is 0 Å². The lowest BCUT2D eigenvalue weighted by atomic mass is 10.1. The Morgan fingerprint density at radius 3 is 2.67 bits per heavy atom. The van der Waals surface area contributed by atoms with Crippen LogP contribution in [0.15, 0.2) is 42.7 Å². The minimum atomic E-state index is -0.397. The van der Waals surface area contributed by atoms with Crippen LogP contribution in [0.4, 0.5) is 0 Å². The minimum Gasteiger partial charge on any atom is -0.464 e. The molecule has 2 heterocycles. The van der Waals surface area contributed by atoms with E-state index in [4.69, 9.17) is 4.74 Å². The van der Waals surface area contributed by atoms with Crippen LogP contribution in [0, 0.1) is 0 Å². The third-order valence-corrected chi connectivity index (χ3v) is 2.65. The summed E-state index contributed by atoms with van der Waals surface area (Å²) in [5.74, 6) is -0.397. The monoisotopic (exact) mass is 242 g/mol. The number of hydrogen-bond acceptors (Lipinski definition) is 4. The van der Waals surface area contributed by atoms with Gasteiger partial charge in [0.15, 0.2) is 5.69 Å². The number of hydrogen-bond donors (Lipinski definition) is 0. The lowest BCUT2D eigenvalue weighted by molar-refractivity contribution is 0.0592. The maximum Gasteiger partial charge on any atom is 0.356 e. The van der Waals surface area contributed by atoms with Crippen molar-refractivity contribution in [2.24, 2.45) is 0 Å². The summed E-state index contributed by atoms with van der Waals surface area (Å²) in [4.78, 5) is 19.9. The Morgan fingerprint density at radius 2 is 1.94 bits per heavy atom. The SMILES string of the molecule is COC(=O)c1ncccc1CCc1ccccn1. The van der Waals surface area contributed by atoms with Gasteiger partial charge in [-0.3, -0.25) is 4.98 Å². The highest BCUT2D eigenvalue weighted by atomic mass is 16.5. The van der Waals surface area contributed by atoms with E-state index < -0.39 is 5.97 Å². The summed E-state index contributed by atoms with van der Waals surface area (Å²) in [6.07, 6.45) is 4.85. The second-order valence-electron chi connectivity index (χ2n) is 3.82. The fourth-order valence-corrected chi connectivity index (χ4v) is 1.73. The van der Waals surface area contributed by atoms with Crippen LogP contribution in [-0.2, 0) is 17.6 Å². The molecule has 18 heavy (non-hydrogen) atoms. The Hall–Kier alpha value is -2.23. The predicted molar refractivity (Wildman–Crippen MR) is 67.2 cm³/mol. The van der Waals surface area contributed by atoms with Crippen molar-refractivity contribution in [1.82, 2.24) is 9.97 Å². The molecule has 0 bridgehead atoms. The van der Waals surface area contributed by atoms with Crippen LogP contribution in [0.25, 0.3) is 0 Å². The molecule has 0 amide bonds. The number of aromatic nitrogens is 2. The van der Waals surface area contributed by atoms with Crippen LogP contribution >= 0.6 is 0 Å². The van der Waals surface area contributed by atoms with Gasteiger partial charge < -0.3 is 4.74 Å². The Morgan fingerprint density at radius 1 is 1.11 bits per heavy atom. The standard InChI is InChI=1S/C14H14N2O2/c1-18-14(17)13-11(5-4-10-16-13)7-8-12-6-2-3-9-15-12/h2-6,9-10H,7-8H2,1H3. The molecule has 4 nitrogen and oxygen atoms in total. The van der Waals surface area contributed by atoms with E-state index in [1.807, 2.05) is 30.3 Å². The molecule has 0 aliphatic rings. The van der Waals surface area contributed by atoms with Gasteiger partial charge in [-0.2, -0.15) is 0 Å². The molecule has 2 aromatic heterocycles. The van der Waals surface area contributed by atoms with Crippen molar-refractivity contribution >= 4 is 5.97 Å². The van der Waals surface area contributed by atoms with Gasteiger partial charge in [-0.15, -0.1) is 0 Å². The first-order valence-corrected chi connectivity index (χ1v) is 5.73. The second kappa shape index (κ2) is 5.91. The molecule has 0 aliphatic heterocycles. The van der Waals surface area contributed by atoms with Crippen molar-refractivity contribution in [1.29, 1.82) is 0 Å². The fraction of sp³-hybridized carbons (Fsp3) is 0.214. The zero-order valence-corrected chi connectivity index (χ0v) is 10.2. The van der Waals surface area contributed by atoms with Gasteiger partial charge in [0, 0.05) is 18.1 Å². The van der Waals surface area contributed by atoms with Gasteiger partial charge in [0.05, 0.1) is 7.11 Å². The minimum absolute atomic E-state index is 0.385. The summed E-state index contributed by atoms with van der Waals surface area (Å²) in [6.45, 7) is 0. The highest BCUT2D eigenvalue weighted by Gasteiger charge is 2.12. The molecule has 0 saturated heterocycles. The Labute approximate surface area is 106 Å². The molecule has 0 spiro atoms. The summed E-state index contributed by atoms with van der Waals surface area (Å²) >= 11 is 0. The molecule has 2 rings (SSSR count). The molecule has 0 aromatic carbocycles. The molecule has 0 saturated carbocycles. The van der Waals surface area contributed by atoms with Crippen molar-refractivity contribution < 1.29 is 9.53 Å². The van der Waals surface area contributed by atoms with Crippen molar-refractivity contribution in [2.45, 2.75) is 12.8 Å². The maximum atomic E-state index is 11.5. The number of rotatable bonds is 4. The molecule has 4 heteroatoms. The van der Waals surface area contributed by atoms with Crippen molar-refractivity contribution in [3.05, 3.63) is 59.7 Å². The Balaban J connectivity index is 2.12. The average molecular weight is 242 g/mol. The molecule has 0 atom stereocenters. The second-order valence-corrected chi connectivity index (χ2v) is 3.82. The van der Waals surface area contributed by atoms with E-state index in [-0.39, 0.29) is 0 Å². The number of nitrogens with zero attached hydrogens (tertiary/aromatic N) is 2. The van der Waals surface area contributed by atoms with Crippen molar-refractivity contribution in [2.75, 3.05) is 7.11 Å². The topological polar surface area (TPSA) is 52.1 Å². The van der Waals surface area contributed by atoms with E-state index in [0.29, 0.717) is 5.69 Å². The Kier molecular flexibility index (Phi) is 4.02.